The van der Waals surface area contributed by atoms with Crippen LogP contribution in [-0.2, 0) is 4.79 Å². The number of carbonyl (C=O) groups is 2. The number of piperazine rings is 1. The van der Waals surface area contributed by atoms with Gasteiger partial charge in [-0.05, 0) is 25.2 Å². The number of nitrogens with zero attached hydrogens (tertiary/aromatic N) is 6. The van der Waals surface area contributed by atoms with Gasteiger partial charge in [0, 0.05) is 49.7 Å². The molecule has 0 atom stereocenters. The molecule has 0 bridgehead atoms. The van der Waals surface area contributed by atoms with Crippen molar-refractivity contribution in [1.82, 2.24) is 30.0 Å². The lowest BCUT2D eigenvalue weighted by Crippen LogP contribution is -2.47. The Morgan fingerprint density at radius 1 is 1.11 bits per heavy atom. The molecule has 1 aromatic carbocycles. The molecule has 2 amide bonds. The highest BCUT2D eigenvalue weighted by Crippen LogP contribution is 2.32. The molecule has 196 valence electrons. The summed E-state index contributed by atoms with van der Waals surface area (Å²) in [5.41, 5.74) is 5.68. The number of rotatable bonds is 7. The predicted molar refractivity (Wildman–Crippen MR) is 129 cm³/mol. The van der Waals surface area contributed by atoms with E-state index < -0.39 is 23.9 Å². The Hall–Kier alpha value is -3.89. The van der Waals surface area contributed by atoms with E-state index in [0.29, 0.717) is 23.7 Å². The molecule has 0 unspecified atom stereocenters. The van der Waals surface area contributed by atoms with Gasteiger partial charge in [0.05, 0.1) is 12.2 Å². The highest BCUT2D eigenvalue weighted by atomic mass is 32.1. The van der Waals surface area contributed by atoms with Crippen LogP contribution in [0, 0.1) is 0 Å². The SMILES string of the molecule is CN1CCN(CC(=O)Nc2cc(C(=O)Nc3nnc(-c4cnc(N)nc4)s3)ccc2OC(F)(F)F)CC1. The van der Waals surface area contributed by atoms with Gasteiger partial charge < -0.3 is 20.7 Å². The van der Waals surface area contributed by atoms with E-state index in [-0.39, 0.29) is 28.9 Å². The van der Waals surface area contributed by atoms with Crippen LogP contribution < -0.4 is 21.1 Å². The van der Waals surface area contributed by atoms with Gasteiger partial charge >= 0.3 is 6.36 Å². The molecule has 1 saturated heterocycles. The molecule has 1 fully saturated rings. The monoisotopic (exact) mass is 537 g/mol. The number of carbonyl (C=O) groups excluding carboxylic acids is 2. The minimum atomic E-state index is -4.99. The van der Waals surface area contributed by atoms with Gasteiger partial charge in [-0.1, -0.05) is 11.3 Å². The number of benzene rings is 1. The Labute approximate surface area is 212 Å². The van der Waals surface area contributed by atoms with Gasteiger partial charge in [0.15, 0.2) is 10.8 Å². The normalized spacial score (nSPS) is 14.8. The summed E-state index contributed by atoms with van der Waals surface area (Å²) in [5, 5.41) is 13.4. The third kappa shape index (κ3) is 7.31. The molecule has 3 aromatic rings. The van der Waals surface area contributed by atoms with Crippen molar-refractivity contribution in [1.29, 1.82) is 0 Å². The van der Waals surface area contributed by atoms with Gasteiger partial charge in [-0.3, -0.25) is 19.8 Å². The first-order chi connectivity index (χ1) is 17.6. The topological polar surface area (TPSA) is 151 Å². The van der Waals surface area contributed by atoms with Crippen molar-refractivity contribution in [2.45, 2.75) is 6.36 Å². The Balaban J connectivity index is 1.48. The lowest BCUT2D eigenvalue weighted by molar-refractivity contribution is -0.274. The fourth-order valence-electron chi connectivity index (χ4n) is 3.39. The van der Waals surface area contributed by atoms with Gasteiger partial charge in [0.1, 0.15) is 0 Å². The number of nitrogen functional groups attached to an aromatic ring is 1. The van der Waals surface area contributed by atoms with Crippen molar-refractivity contribution in [2.75, 3.05) is 56.1 Å². The second-order valence-corrected chi connectivity index (χ2v) is 9.06. The van der Waals surface area contributed by atoms with Crippen molar-refractivity contribution < 1.29 is 27.5 Å². The molecule has 4 rings (SSSR count). The molecule has 1 aliphatic rings. The number of alkyl halides is 3. The quantitative estimate of drug-likeness (QED) is 0.408. The van der Waals surface area contributed by atoms with Crippen molar-refractivity contribution >= 4 is 39.9 Å². The van der Waals surface area contributed by atoms with Crippen LogP contribution in [-0.4, -0.2) is 87.9 Å². The zero-order valence-electron chi connectivity index (χ0n) is 19.4. The van der Waals surface area contributed by atoms with E-state index in [0.717, 1.165) is 42.6 Å². The first-order valence-corrected chi connectivity index (χ1v) is 11.7. The Bertz CT molecular complexity index is 1260. The van der Waals surface area contributed by atoms with E-state index >= 15 is 0 Å². The van der Waals surface area contributed by atoms with Crippen LogP contribution in [0.1, 0.15) is 10.4 Å². The lowest BCUT2D eigenvalue weighted by atomic mass is 10.1. The van der Waals surface area contributed by atoms with Crippen molar-refractivity contribution in [3.8, 4) is 16.3 Å². The number of nitrogens with two attached hydrogens (primary N) is 1. The molecule has 0 radical (unpaired) electrons. The molecule has 37 heavy (non-hydrogen) atoms. The van der Waals surface area contributed by atoms with Crippen LogP contribution >= 0.6 is 11.3 Å². The van der Waals surface area contributed by atoms with Crippen LogP contribution in [0.3, 0.4) is 0 Å². The molecule has 0 spiro atoms. The van der Waals surface area contributed by atoms with E-state index in [1.165, 1.54) is 12.4 Å². The first-order valence-electron chi connectivity index (χ1n) is 10.9. The molecule has 3 heterocycles. The number of anilines is 3. The molecule has 2 aromatic heterocycles. The van der Waals surface area contributed by atoms with Crippen LogP contribution in [0.2, 0.25) is 0 Å². The van der Waals surface area contributed by atoms with Crippen LogP contribution in [0.4, 0.5) is 29.9 Å². The lowest BCUT2D eigenvalue weighted by Gasteiger charge is -2.31. The maximum absolute atomic E-state index is 12.9. The summed E-state index contributed by atoms with van der Waals surface area (Å²) < 4.78 is 42.8. The highest BCUT2D eigenvalue weighted by molar-refractivity contribution is 7.18. The number of likely N-dealkylation sites (N-methyl/N-ethyl adjacent to an activating group) is 1. The number of halogens is 3. The molecule has 0 aliphatic carbocycles. The maximum Gasteiger partial charge on any atom is 0.573 e. The Kier molecular flexibility index (Phi) is 7.80. The summed E-state index contributed by atoms with van der Waals surface area (Å²) in [6.07, 6.45) is -2.09. The fraction of sp³-hybridized carbons (Fsp3) is 0.333. The van der Waals surface area contributed by atoms with Crippen LogP contribution in [0.5, 0.6) is 5.75 Å². The number of hydrogen-bond donors (Lipinski definition) is 3. The summed E-state index contributed by atoms with van der Waals surface area (Å²) in [4.78, 5) is 37.1. The molecule has 12 nitrogen and oxygen atoms in total. The van der Waals surface area contributed by atoms with E-state index in [2.05, 4.69) is 40.4 Å². The minimum Gasteiger partial charge on any atom is -0.404 e. The number of hydrogen-bond acceptors (Lipinski definition) is 11. The number of nitrogens with one attached hydrogen (secondary N) is 2. The highest BCUT2D eigenvalue weighted by Gasteiger charge is 2.33. The molecule has 4 N–H and O–H groups in total. The second kappa shape index (κ2) is 11.0. The van der Waals surface area contributed by atoms with Gasteiger partial charge in [0.25, 0.3) is 5.91 Å². The minimum absolute atomic E-state index is 0.0157. The molecule has 0 saturated carbocycles. The van der Waals surface area contributed by atoms with E-state index in [1.807, 2.05) is 11.9 Å². The zero-order chi connectivity index (χ0) is 26.6. The third-order valence-electron chi connectivity index (χ3n) is 5.27. The zero-order valence-corrected chi connectivity index (χ0v) is 20.3. The molecule has 1 aliphatic heterocycles. The van der Waals surface area contributed by atoms with Crippen LogP contribution in [0.15, 0.2) is 30.6 Å². The van der Waals surface area contributed by atoms with Gasteiger partial charge in [-0.25, -0.2) is 9.97 Å². The average molecular weight is 538 g/mol. The summed E-state index contributed by atoms with van der Waals surface area (Å²) in [7, 11) is 1.96. The van der Waals surface area contributed by atoms with E-state index in [1.54, 1.807) is 0 Å². The van der Waals surface area contributed by atoms with Gasteiger partial charge in [-0.2, -0.15) is 0 Å². The third-order valence-corrected chi connectivity index (χ3v) is 6.16. The van der Waals surface area contributed by atoms with Crippen molar-refractivity contribution in [3.05, 3.63) is 36.2 Å². The maximum atomic E-state index is 12.9. The molecular formula is C21H22F3N9O3S. The Morgan fingerprint density at radius 2 is 1.81 bits per heavy atom. The van der Waals surface area contributed by atoms with Gasteiger partial charge in [0.2, 0.25) is 17.0 Å². The summed E-state index contributed by atoms with van der Waals surface area (Å²) >= 11 is 1.03. The smallest absolute Gasteiger partial charge is 0.404 e. The summed E-state index contributed by atoms with van der Waals surface area (Å²) in [6, 6.07) is 3.21. The first kappa shape index (κ1) is 26.2. The molecular weight excluding hydrogens is 515 g/mol. The second-order valence-electron chi connectivity index (χ2n) is 8.08. The van der Waals surface area contributed by atoms with Crippen molar-refractivity contribution in [2.24, 2.45) is 0 Å². The number of ether oxygens (including phenoxy) is 1. The largest absolute Gasteiger partial charge is 0.573 e. The Morgan fingerprint density at radius 3 is 2.49 bits per heavy atom. The number of amides is 2. The fourth-order valence-corrected chi connectivity index (χ4v) is 4.10. The predicted octanol–water partition coefficient (Wildman–Crippen LogP) is 1.91. The van der Waals surface area contributed by atoms with E-state index in [4.69, 9.17) is 5.73 Å². The summed E-state index contributed by atoms with van der Waals surface area (Å²) in [5.74, 6) is -1.76. The number of aromatic nitrogens is 4. The van der Waals surface area contributed by atoms with Crippen molar-refractivity contribution in [3.63, 3.8) is 0 Å². The standard InChI is InChI=1S/C21H22F3N9O3S/c1-32-4-6-33(7-5-32)11-16(34)28-14-8-12(2-3-15(14)36-21(22,23)24)17(35)29-20-31-30-18(37-20)13-9-26-19(25)27-10-13/h2-3,8-10H,4-7,11H2,1H3,(H,28,34)(H2,25,26,27)(H,29,31,35). The van der Waals surface area contributed by atoms with E-state index in [9.17, 15) is 22.8 Å². The van der Waals surface area contributed by atoms with Gasteiger partial charge in [-0.15, -0.1) is 23.4 Å². The summed E-state index contributed by atoms with van der Waals surface area (Å²) in [6.45, 7) is 2.81. The van der Waals surface area contributed by atoms with Crippen LogP contribution in [0.25, 0.3) is 10.6 Å². The molecule has 16 heteroatoms. The average Bonchev–Trinajstić information content (AvgIpc) is 3.29.